The fourth-order valence-electron chi connectivity index (χ4n) is 5.47. The molecule has 222 valence electrons. The second-order valence-electron chi connectivity index (χ2n) is 11.2. The lowest BCUT2D eigenvalue weighted by Gasteiger charge is -2.30. The van der Waals surface area contributed by atoms with Crippen LogP contribution in [0.2, 0.25) is 0 Å². The average molecular weight is 571 g/mol. The number of hydrogen-bond donors (Lipinski definition) is 0. The molecule has 2 nitrogen and oxygen atoms in total. The Labute approximate surface area is 242 Å². The smallest absolute Gasteiger partial charge is 0.186 e. The maximum atomic E-state index is 15.2. The third kappa shape index (κ3) is 7.98. The van der Waals surface area contributed by atoms with Crippen LogP contribution in [0.3, 0.4) is 0 Å². The van der Waals surface area contributed by atoms with Gasteiger partial charge in [0.05, 0.1) is 13.2 Å². The molecule has 4 rings (SSSR count). The number of hydrogen-bond acceptors (Lipinski definition) is 2. The first kappa shape index (κ1) is 31.2. The SMILES string of the molecule is CCCCCCCC1COC(c2ccc(-c3ccc(-c4ccc(CCCCCC)c(F)c4F)cc3)c(F)c2F)OC1. The summed E-state index contributed by atoms with van der Waals surface area (Å²) >= 11 is 0. The van der Waals surface area contributed by atoms with Crippen molar-refractivity contribution in [1.29, 1.82) is 0 Å². The van der Waals surface area contributed by atoms with Crippen LogP contribution in [-0.4, -0.2) is 13.2 Å². The Morgan fingerprint density at radius 1 is 0.585 bits per heavy atom. The highest BCUT2D eigenvalue weighted by molar-refractivity contribution is 5.71. The van der Waals surface area contributed by atoms with Gasteiger partial charge in [0.2, 0.25) is 0 Å². The van der Waals surface area contributed by atoms with Crippen molar-refractivity contribution in [3.05, 3.63) is 82.9 Å². The molecule has 0 radical (unpaired) electrons. The molecule has 1 saturated heterocycles. The van der Waals surface area contributed by atoms with Gasteiger partial charge >= 0.3 is 0 Å². The molecule has 0 aromatic heterocycles. The number of halogens is 4. The minimum atomic E-state index is -1.00. The van der Waals surface area contributed by atoms with Gasteiger partial charge in [-0.25, -0.2) is 17.6 Å². The number of aryl methyl sites for hydroxylation is 1. The first-order valence-corrected chi connectivity index (χ1v) is 15.2. The molecule has 0 aliphatic carbocycles. The Bertz CT molecular complexity index is 1250. The quantitative estimate of drug-likeness (QED) is 0.142. The van der Waals surface area contributed by atoms with E-state index in [2.05, 4.69) is 13.8 Å². The second kappa shape index (κ2) is 15.5. The molecule has 0 spiro atoms. The molecule has 1 aliphatic heterocycles. The van der Waals surface area contributed by atoms with Gasteiger partial charge in [-0.3, -0.25) is 0 Å². The molecule has 1 aliphatic rings. The molecule has 1 heterocycles. The zero-order chi connectivity index (χ0) is 29.2. The van der Waals surface area contributed by atoms with Crippen LogP contribution < -0.4 is 0 Å². The van der Waals surface area contributed by atoms with Crippen LogP contribution in [-0.2, 0) is 15.9 Å². The van der Waals surface area contributed by atoms with Crippen LogP contribution in [0.25, 0.3) is 22.3 Å². The van der Waals surface area contributed by atoms with Gasteiger partial charge in [0.1, 0.15) is 0 Å². The van der Waals surface area contributed by atoms with Gasteiger partial charge in [-0.1, -0.05) is 114 Å². The normalized spacial score (nSPS) is 17.2. The van der Waals surface area contributed by atoms with E-state index < -0.39 is 29.6 Å². The van der Waals surface area contributed by atoms with Gasteiger partial charge in [-0.2, -0.15) is 0 Å². The lowest BCUT2D eigenvalue weighted by atomic mass is 9.96. The van der Waals surface area contributed by atoms with Crippen molar-refractivity contribution >= 4 is 0 Å². The molecule has 0 unspecified atom stereocenters. The molecule has 1 fully saturated rings. The summed E-state index contributed by atoms with van der Waals surface area (Å²) in [6.45, 7) is 5.21. The zero-order valence-corrected chi connectivity index (χ0v) is 24.3. The van der Waals surface area contributed by atoms with Gasteiger partial charge in [0.25, 0.3) is 0 Å². The molecule has 0 N–H and O–H groups in total. The van der Waals surface area contributed by atoms with Crippen molar-refractivity contribution < 1.29 is 27.0 Å². The summed E-state index contributed by atoms with van der Waals surface area (Å²) in [6, 6.07) is 12.6. The van der Waals surface area contributed by atoms with E-state index in [-0.39, 0.29) is 22.6 Å². The number of ether oxygens (including phenoxy) is 2. The summed E-state index contributed by atoms with van der Waals surface area (Å²) in [4.78, 5) is 0. The van der Waals surface area contributed by atoms with Crippen molar-refractivity contribution in [2.24, 2.45) is 5.92 Å². The van der Waals surface area contributed by atoms with Crippen molar-refractivity contribution in [1.82, 2.24) is 0 Å². The van der Waals surface area contributed by atoms with E-state index in [1.807, 2.05) is 0 Å². The van der Waals surface area contributed by atoms with E-state index in [0.29, 0.717) is 36.3 Å². The van der Waals surface area contributed by atoms with Gasteiger partial charge < -0.3 is 9.47 Å². The second-order valence-corrected chi connectivity index (χ2v) is 11.2. The van der Waals surface area contributed by atoms with Crippen molar-refractivity contribution in [2.75, 3.05) is 13.2 Å². The van der Waals surface area contributed by atoms with E-state index >= 15 is 8.78 Å². The first-order valence-electron chi connectivity index (χ1n) is 15.2. The van der Waals surface area contributed by atoms with Gasteiger partial charge in [0.15, 0.2) is 29.6 Å². The molecule has 41 heavy (non-hydrogen) atoms. The van der Waals surface area contributed by atoms with Crippen molar-refractivity contribution in [3.63, 3.8) is 0 Å². The molecule has 0 saturated carbocycles. The van der Waals surface area contributed by atoms with E-state index in [1.165, 1.54) is 37.8 Å². The first-order chi connectivity index (χ1) is 19.9. The molecule has 0 atom stereocenters. The van der Waals surface area contributed by atoms with Gasteiger partial charge in [0, 0.05) is 22.6 Å². The Balaban J connectivity index is 1.40. The van der Waals surface area contributed by atoms with Gasteiger partial charge in [-0.05, 0) is 36.0 Å². The molecule has 6 heteroatoms. The number of unbranched alkanes of at least 4 members (excludes halogenated alkanes) is 7. The molecule has 0 bridgehead atoms. The molecule has 3 aromatic rings. The predicted molar refractivity (Wildman–Crippen MR) is 157 cm³/mol. The summed E-state index contributed by atoms with van der Waals surface area (Å²) in [6.07, 6.45) is 10.5. The van der Waals surface area contributed by atoms with Crippen molar-refractivity contribution in [2.45, 2.75) is 90.8 Å². The van der Waals surface area contributed by atoms with E-state index in [0.717, 1.165) is 38.5 Å². The summed E-state index contributed by atoms with van der Waals surface area (Å²) in [5.74, 6) is -3.45. The molecule has 3 aromatic carbocycles. The Morgan fingerprint density at radius 3 is 1.73 bits per heavy atom. The Kier molecular flexibility index (Phi) is 11.8. The van der Waals surface area contributed by atoms with E-state index in [9.17, 15) is 8.78 Å². The van der Waals surface area contributed by atoms with Crippen molar-refractivity contribution in [3.8, 4) is 22.3 Å². The number of rotatable bonds is 14. The Morgan fingerprint density at radius 2 is 1.12 bits per heavy atom. The zero-order valence-electron chi connectivity index (χ0n) is 24.3. The fourth-order valence-corrected chi connectivity index (χ4v) is 5.47. The largest absolute Gasteiger partial charge is 0.348 e. The van der Waals surface area contributed by atoms with Crippen LogP contribution in [0, 0.1) is 29.2 Å². The standard InChI is InChI=1S/C35H42F4O2/c1-3-5-7-9-10-12-24-22-40-35(41-23-24)30-21-20-29(33(38)34(30)39)26-16-14-25(15-17-26)28-19-18-27(31(36)32(28)37)13-11-8-6-4-2/h14-21,24,35H,3-13,22-23H2,1-2H3. The summed E-state index contributed by atoms with van der Waals surface area (Å²) in [7, 11) is 0. The highest BCUT2D eigenvalue weighted by Crippen LogP contribution is 2.35. The lowest BCUT2D eigenvalue weighted by molar-refractivity contribution is -0.207. The fraction of sp³-hybridized carbons (Fsp3) is 0.486. The third-order valence-corrected chi connectivity index (χ3v) is 8.02. The summed E-state index contributed by atoms with van der Waals surface area (Å²) in [5.41, 5.74) is 1.52. The van der Waals surface area contributed by atoms with Crippen LogP contribution in [0.1, 0.15) is 95.5 Å². The molecular weight excluding hydrogens is 528 g/mol. The predicted octanol–water partition coefficient (Wildman–Crippen LogP) is 10.7. The lowest BCUT2D eigenvalue weighted by Crippen LogP contribution is -2.27. The highest BCUT2D eigenvalue weighted by atomic mass is 19.2. The van der Waals surface area contributed by atoms with Crippen LogP contribution >= 0.6 is 0 Å². The Hall–Kier alpha value is -2.70. The highest BCUT2D eigenvalue weighted by Gasteiger charge is 2.28. The van der Waals surface area contributed by atoms with Crippen LogP contribution in [0.5, 0.6) is 0 Å². The van der Waals surface area contributed by atoms with Crippen LogP contribution in [0.15, 0.2) is 48.5 Å². The minimum Gasteiger partial charge on any atom is -0.348 e. The van der Waals surface area contributed by atoms with E-state index in [4.69, 9.17) is 9.47 Å². The van der Waals surface area contributed by atoms with Gasteiger partial charge in [-0.15, -0.1) is 0 Å². The topological polar surface area (TPSA) is 18.5 Å². The van der Waals surface area contributed by atoms with Crippen LogP contribution in [0.4, 0.5) is 17.6 Å². The van der Waals surface area contributed by atoms with E-state index in [1.54, 1.807) is 36.4 Å². The maximum absolute atomic E-state index is 15.2. The number of benzene rings is 3. The maximum Gasteiger partial charge on any atom is 0.186 e. The third-order valence-electron chi connectivity index (χ3n) is 8.02. The average Bonchev–Trinajstić information content (AvgIpc) is 2.99. The molecular formula is C35H42F4O2. The molecule has 0 amide bonds. The minimum absolute atomic E-state index is 0.0385. The monoisotopic (exact) mass is 570 g/mol. The summed E-state index contributed by atoms with van der Waals surface area (Å²) in [5, 5.41) is 0. The summed E-state index contributed by atoms with van der Waals surface area (Å²) < 4.78 is 71.5.